The van der Waals surface area contributed by atoms with Crippen molar-refractivity contribution in [2.75, 3.05) is 13.2 Å². The van der Waals surface area contributed by atoms with E-state index in [0.29, 0.717) is 6.61 Å². The van der Waals surface area contributed by atoms with Crippen LogP contribution in [0.3, 0.4) is 0 Å². The predicted octanol–water partition coefficient (Wildman–Crippen LogP) is 4.16. The Hall–Kier alpha value is -1.87. The summed E-state index contributed by atoms with van der Waals surface area (Å²) in [5.74, 6) is -0.165. The Morgan fingerprint density at radius 2 is 1.96 bits per heavy atom. The molecule has 0 spiro atoms. The van der Waals surface area contributed by atoms with Gasteiger partial charge in [0, 0.05) is 19.6 Å². The molecule has 0 saturated carbocycles. The van der Waals surface area contributed by atoms with Crippen molar-refractivity contribution in [1.29, 1.82) is 0 Å². The van der Waals surface area contributed by atoms with E-state index in [1.807, 2.05) is 31.2 Å². The van der Waals surface area contributed by atoms with Gasteiger partial charge in [0.1, 0.15) is 5.75 Å². The molecule has 142 valence electrons. The Labute approximate surface area is 155 Å². The Morgan fingerprint density at radius 3 is 2.54 bits per heavy atom. The summed E-state index contributed by atoms with van der Waals surface area (Å²) in [7, 11) is 1.29. The van der Waals surface area contributed by atoms with Crippen molar-refractivity contribution in [2.45, 2.75) is 38.7 Å². The van der Waals surface area contributed by atoms with Crippen LogP contribution in [0.5, 0.6) is 5.75 Å². The highest BCUT2D eigenvalue weighted by molar-refractivity contribution is 7.71. The van der Waals surface area contributed by atoms with Crippen LogP contribution in [0.1, 0.15) is 37.2 Å². The summed E-state index contributed by atoms with van der Waals surface area (Å²) in [6.07, 6.45) is -2.60. The van der Waals surface area contributed by atoms with E-state index in [4.69, 9.17) is 17.0 Å². The molecule has 0 N–H and O–H groups in total. The van der Waals surface area contributed by atoms with Crippen LogP contribution in [0.4, 0.5) is 13.2 Å². The van der Waals surface area contributed by atoms with Crippen molar-refractivity contribution in [3.05, 3.63) is 40.4 Å². The maximum Gasteiger partial charge on any atom is 0.451 e. The molecule has 9 heteroatoms. The molecule has 2 heterocycles. The maximum absolute atomic E-state index is 13.0. The van der Waals surface area contributed by atoms with E-state index in [9.17, 15) is 13.2 Å². The molecule has 1 aromatic carbocycles. The van der Waals surface area contributed by atoms with E-state index in [2.05, 4.69) is 10.00 Å². The third-order valence-electron chi connectivity index (χ3n) is 4.55. The van der Waals surface area contributed by atoms with Gasteiger partial charge in [0.15, 0.2) is 4.77 Å². The molecule has 0 radical (unpaired) electrons. The second-order valence-electron chi connectivity index (χ2n) is 6.28. The van der Waals surface area contributed by atoms with Gasteiger partial charge in [0.25, 0.3) is 0 Å². The SMILES string of the molecule is CCOc1ccc([C@H]2CCCN2Cn2nc(C(F)(F)F)n(C)c2=S)cc1. The number of alkyl halides is 3. The van der Waals surface area contributed by atoms with E-state index >= 15 is 0 Å². The molecule has 1 saturated heterocycles. The molecule has 26 heavy (non-hydrogen) atoms. The smallest absolute Gasteiger partial charge is 0.451 e. The molecule has 3 rings (SSSR count). The Kier molecular flexibility index (Phi) is 5.38. The minimum absolute atomic E-state index is 0.0645. The fraction of sp³-hybridized carbons (Fsp3) is 0.529. The molecule has 1 fully saturated rings. The monoisotopic (exact) mass is 386 g/mol. The van der Waals surface area contributed by atoms with Gasteiger partial charge in [-0.25, -0.2) is 4.68 Å². The average molecular weight is 386 g/mol. The zero-order chi connectivity index (χ0) is 18.9. The van der Waals surface area contributed by atoms with Gasteiger partial charge in [-0.15, -0.1) is 5.10 Å². The Balaban J connectivity index is 1.80. The minimum Gasteiger partial charge on any atom is -0.494 e. The fourth-order valence-electron chi connectivity index (χ4n) is 3.32. The van der Waals surface area contributed by atoms with Crippen molar-refractivity contribution in [2.24, 2.45) is 7.05 Å². The molecule has 1 aliphatic rings. The van der Waals surface area contributed by atoms with Gasteiger partial charge in [0.05, 0.1) is 13.3 Å². The van der Waals surface area contributed by atoms with Gasteiger partial charge in [-0.3, -0.25) is 9.47 Å². The highest BCUT2D eigenvalue weighted by Crippen LogP contribution is 2.33. The zero-order valence-corrected chi connectivity index (χ0v) is 15.5. The van der Waals surface area contributed by atoms with Crippen LogP contribution in [-0.2, 0) is 19.9 Å². The Bertz CT molecular complexity index is 813. The van der Waals surface area contributed by atoms with Crippen LogP contribution >= 0.6 is 12.2 Å². The van der Waals surface area contributed by atoms with E-state index in [0.717, 1.165) is 35.3 Å². The first-order valence-electron chi connectivity index (χ1n) is 8.49. The number of rotatable bonds is 5. The molecule has 0 amide bonds. The normalized spacial score (nSPS) is 18.4. The molecular formula is C17H21F3N4OS. The van der Waals surface area contributed by atoms with Crippen LogP contribution in [-0.4, -0.2) is 32.4 Å². The summed E-state index contributed by atoms with van der Waals surface area (Å²) in [5, 5.41) is 3.70. The molecule has 5 nitrogen and oxygen atoms in total. The lowest BCUT2D eigenvalue weighted by Gasteiger charge is -2.24. The van der Waals surface area contributed by atoms with Crippen LogP contribution < -0.4 is 4.74 Å². The van der Waals surface area contributed by atoms with Gasteiger partial charge >= 0.3 is 6.18 Å². The van der Waals surface area contributed by atoms with Crippen LogP contribution in [0.15, 0.2) is 24.3 Å². The second kappa shape index (κ2) is 7.40. The van der Waals surface area contributed by atoms with E-state index in [1.165, 1.54) is 11.7 Å². The summed E-state index contributed by atoms with van der Waals surface area (Å²) in [6, 6.07) is 7.98. The van der Waals surface area contributed by atoms with Crippen molar-refractivity contribution in [3.63, 3.8) is 0 Å². The number of nitrogens with zero attached hydrogens (tertiary/aromatic N) is 4. The first-order valence-corrected chi connectivity index (χ1v) is 8.90. The predicted molar refractivity (Wildman–Crippen MR) is 93.3 cm³/mol. The highest BCUT2D eigenvalue weighted by Gasteiger charge is 2.38. The largest absolute Gasteiger partial charge is 0.494 e. The van der Waals surface area contributed by atoms with E-state index in [1.54, 1.807) is 0 Å². The number of likely N-dealkylation sites (tertiary alicyclic amines) is 1. The standard InChI is InChI=1S/C17H21F3N4OS/c1-3-25-13-8-6-12(7-9-13)14-5-4-10-23(14)11-24-16(26)22(2)15(21-24)17(18,19)20/h6-9,14H,3-5,10-11H2,1-2H3/t14-/m1/s1. The quantitative estimate of drug-likeness (QED) is 0.723. The number of benzene rings is 1. The molecule has 0 bridgehead atoms. The second-order valence-corrected chi connectivity index (χ2v) is 6.64. The summed E-state index contributed by atoms with van der Waals surface area (Å²) in [5.41, 5.74) is 1.12. The third-order valence-corrected chi connectivity index (χ3v) is 5.03. The van der Waals surface area contributed by atoms with E-state index in [-0.39, 0.29) is 17.5 Å². The van der Waals surface area contributed by atoms with Crippen molar-refractivity contribution in [3.8, 4) is 5.75 Å². The van der Waals surface area contributed by atoms with Gasteiger partial charge in [-0.05, 0) is 49.7 Å². The van der Waals surface area contributed by atoms with Crippen LogP contribution in [0, 0.1) is 4.77 Å². The fourth-order valence-corrected chi connectivity index (χ4v) is 3.51. The zero-order valence-electron chi connectivity index (χ0n) is 14.7. The molecular weight excluding hydrogens is 365 g/mol. The number of hydrogen-bond donors (Lipinski definition) is 0. The molecule has 1 aliphatic heterocycles. The molecule has 2 aromatic rings. The number of ether oxygens (including phenoxy) is 1. The van der Waals surface area contributed by atoms with Crippen molar-refractivity contribution < 1.29 is 17.9 Å². The van der Waals surface area contributed by atoms with Crippen molar-refractivity contribution >= 4 is 12.2 Å². The van der Waals surface area contributed by atoms with E-state index < -0.39 is 12.0 Å². The average Bonchev–Trinajstić information content (AvgIpc) is 3.16. The van der Waals surface area contributed by atoms with Gasteiger partial charge in [-0.2, -0.15) is 13.2 Å². The number of aromatic nitrogens is 3. The lowest BCUT2D eigenvalue weighted by Crippen LogP contribution is -2.27. The van der Waals surface area contributed by atoms with Crippen LogP contribution in [0.25, 0.3) is 0 Å². The topological polar surface area (TPSA) is 35.2 Å². The summed E-state index contributed by atoms with van der Waals surface area (Å²) in [6.45, 7) is 3.56. The molecule has 0 aliphatic carbocycles. The van der Waals surface area contributed by atoms with Crippen molar-refractivity contribution in [1.82, 2.24) is 19.2 Å². The summed E-state index contributed by atoms with van der Waals surface area (Å²) < 4.78 is 46.8. The van der Waals surface area contributed by atoms with Gasteiger partial charge < -0.3 is 4.74 Å². The first kappa shape index (κ1) is 18.9. The maximum atomic E-state index is 13.0. The lowest BCUT2D eigenvalue weighted by molar-refractivity contribution is -0.147. The molecule has 1 atom stereocenters. The highest BCUT2D eigenvalue weighted by atomic mass is 32.1. The summed E-state index contributed by atoms with van der Waals surface area (Å²) in [4.78, 5) is 2.11. The van der Waals surface area contributed by atoms with Crippen LogP contribution in [0.2, 0.25) is 0 Å². The number of halogens is 3. The molecule has 1 aromatic heterocycles. The third kappa shape index (κ3) is 3.78. The summed E-state index contributed by atoms with van der Waals surface area (Å²) >= 11 is 5.14. The Morgan fingerprint density at radius 1 is 1.27 bits per heavy atom. The minimum atomic E-state index is -4.52. The van der Waals surface area contributed by atoms with Gasteiger partial charge in [-0.1, -0.05) is 12.1 Å². The van der Waals surface area contributed by atoms with Gasteiger partial charge in [0.2, 0.25) is 5.82 Å². The lowest BCUT2D eigenvalue weighted by atomic mass is 10.0. The number of hydrogen-bond acceptors (Lipinski definition) is 4. The first-order chi connectivity index (χ1) is 12.3. The molecule has 0 unspecified atom stereocenters.